The van der Waals surface area contributed by atoms with E-state index in [-0.39, 0.29) is 29.9 Å². The first kappa shape index (κ1) is 25.1. The summed E-state index contributed by atoms with van der Waals surface area (Å²) >= 11 is 1.49. The van der Waals surface area contributed by atoms with Crippen LogP contribution < -0.4 is 15.5 Å². The van der Waals surface area contributed by atoms with Gasteiger partial charge in [-0.2, -0.15) is 4.37 Å². The molecule has 8 nitrogen and oxygen atoms in total. The van der Waals surface area contributed by atoms with Crippen LogP contribution >= 0.6 is 35.5 Å². The number of aryl methyl sites for hydroxylation is 1. The summed E-state index contributed by atoms with van der Waals surface area (Å²) in [5.41, 5.74) is 0. The second-order valence-corrected chi connectivity index (χ2v) is 8.44. The van der Waals surface area contributed by atoms with Gasteiger partial charge in [0.25, 0.3) is 0 Å². The summed E-state index contributed by atoms with van der Waals surface area (Å²) in [5, 5.41) is 7.57. The Bertz CT molecular complexity index is 670. The van der Waals surface area contributed by atoms with Crippen molar-refractivity contribution in [1.29, 1.82) is 0 Å². The number of halogens is 1. The van der Waals surface area contributed by atoms with E-state index in [1.54, 1.807) is 0 Å². The standard InChI is InChI=1S/C20H35N7OS.HI/c1-3-17-24-20(29-25-17)27-14-12-26(13-15-27)19(21-4-2)22-11-10-18(28)23-16-8-6-5-7-9-16;/h16H,3-15H2,1-2H3,(H,21,22)(H,23,28);1H. The van der Waals surface area contributed by atoms with Gasteiger partial charge in [0, 0.05) is 63.1 Å². The average Bonchev–Trinajstić information content (AvgIpc) is 3.23. The largest absolute Gasteiger partial charge is 0.357 e. The number of anilines is 1. The predicted octanol–water partition coefficient (Wildman–Crippen LogP) is 2.65. The zero-order valence-corrected chi connectivity index (χ0v) is 21.4. The van der Waals surface area contributed by atoms with Crippen molar-refractivity contribution in [2.45, 2.75) is 64.8 Å². The average molecular weight is 550 g/mol. The van der Waals surface area contributed by atoms with E-state index < -0.39 is 0 Å². The maximum absolute atomic E-state index is 12.2. The zero-order valence-electron chi connectivity index (χ0n) is 18.2. The first-order chi connectivity index (χ1) is 14.2. The molecule has 2 heterocycles. The van der Waals surface area contributed by atoms with Crippen LogP contribution in [-0.4, -0.2) is 71.4 Å². The monoisotopic (exact) mass is 549 g/mol. The van der Waals surface area contributed by atoms with Crippen LogP contribution in [0.2, 0.25) is 0 Å². The molecule has 1 aromatic heterocycles. The van der Waals surface area contributed by atoms with Gasteiger partial charge in [0.2, 0.25) is 11.0 Å². The van der Waals surface area contributed by atoms with Crippen LogP contribution in [0.15, 0.2) is 4.99 Å². The Labute approximate surface area is 201 Å². The van der Waals surface area contributed by atoms with E-state index in [0.717, 1.165) is 68.9 Å². The van der Waals surface area contributed by atoms with Crippen LogP contribution in [0, 0.1) is 0 Å². The topological polar surface area (TPSA) is 85.8 Å². The number of amides is 1. The summed E-state index contributed by atoms with van der Waals surface area (Å²) in [5.74, 6) is 1.96. The van der Waals surface area contributed by atoms with Gasteiger partial charge in [-0.1, -0.05) is 26.2 Å². The molecule has 1 aliphatic heterocycles. The third-order valence-corrected chi connectivity index (χ3v) is 6.34. The molecule has 0 aromatic carbocycles. The molecule has 10 heteroatoms. The van der Waals surface area contributed by atoms with E-state index in [1.807, 2.05) is 0 Å². The maximum Gasteiger partial charge on any atom is 0.222 e. The van der Waals surface area contributed by atoms with Gasteiger partial charge in [0.1, 0.15) is 5.82 Å². The molecule has 1 aromatic rings. The van der Waals surface area contributed by atoms with Crippen molar-refractivity contribution in [3.8, 4) is 0 Å². The molecule has 0 unspecified atom stereocenters. The minimum Gasteiger partial charge on any atom is -0.357 e. The summed E-state index contributed by atoms with van der Waals surface area (Å²) < 4.78 is 4.39. The highest BCUT2D eigenvalue weighted by Gasteiger charge is 2.22. The van der Waals surface area contributed by atoms with E-state index in [4.69, 9.17) is 4.99 Å². The molecule has 1 saturated heterocycles. The van der Waals surface area contributed by atoms with E-state index in [9.17, 15) is 4.79 Å². The van der Waals surface area contributed by atoms with Crippen molar-refractivity contribution in [3.05, 3.63) is 5.82 Å². The van der Waals surface area contributed by atoms with Crippen molar-refractivity contribution in [3.63, 3.8) is 0 Å². The molecule has 1 amide bonds. The van der Waals surface area contributed by atoms with Gasteiger partial charge in [-0.25, -0.2) is 4.98 Å². The van der Waals surface area contributed by atoms with Crippen LogP contribution in [0.5, 0.6) is 0 Å². The normalized spacial score (nSPS) is 18.1. The molecule has 3 rings (SSSR count). The minimum absolute atomic E-state index is 0. The van der Waals surface area contributed by atoms with Gasteiger partial charge in [-0.15, -0.1) is 24.0 Å². The summed E-state index contributed by atoms with van der Waals surface area (Å²) in [6.07, 6.45) is 7.34. The lowest BCUT2D eigenvalue weighted by molar-refractivity contribution is -0.121. The van der Waals surface area contributed by atoms with E-state index in [1.165, 1.54) is 30.8 Å². The molecule has 1 saturated carbocycles. The fourth-order valence-corrected chi connectivity index (χ4v) is 4.66. The third kappa shape index (κ3) is 7.51. The fourth-order valence-electron chi connectivity index (χ4n) is 3.86. The number of piperazine rings is 1. The van der Waals surface area contributed by atoms with Crippen LogP contribution in [0.1, 0.15) is 58.2 Å². The molecular weight excluding hydrogens is 513 g/mol. The number of carbonyl (C=O) groups is 1. The van der Waals surface area contributed by atoms with Gasteiger partial charge in [-0.3, -0.25) is 9.79 Å². The van der Waals surface area contributed by atoms with Gasteiger partial charge >= 0.3 is 0 Å². The molecule has 2 N–H and O–H groups in total. The molecule has 0 atom stereocenters. The summed E-state index contributed by atoms with van der Waals surface area (Å²) in [6.45, 7) is 9.10. The molecule has 170 valence electrons. The number of nitrogens with one attached hydrogen (secondary N) is 2. The highest BCUT2D eigenvalue weighted by Crippen LogP contribution is 2.19. The number of rotatable bonds is 7. The first-order valence-corrected chi connectivity index (χ1v) is 11.9. The van der Waals surface area contributed by atoms with Crippen LogP contribution in [0.25, 0.3) is 0 Å². The van der Waals surface area contributed by atoms with Crippen LogP contribution in [0.4, 0.5) is 5.13 Å². The number of guanidine groups is 1. The minimum atomic E-state index is 0. The Kier molecular flexibility index (Phi) is 11.1. The van der Waals surface area contributed by atoms with Gasteiger partial charge in [-0.05, 0) is 19.8 Å². The predicted molar refractivity (Wildman–Crippen MR) is 134 cm³/mol. The van der Waals surface area contributed by atoms with Crippen molar-refractivity contribution >= 4 is 52.5 Å². The number of hydrogen-bond acceptors (Lipinski definition) is 6. The zero-order chi connectivity index (χ0) is 20.5. The van der Waals surface area contributed by atoms with Gasteiger partial charge < -0.3 is 20.4 Å². The molecule has 0 radical (unpaired) electrons. The lowest BCUT2D eigenvalue weighted by Crippen LogP contribution is -2.52. The highest BCUT2D eigenvalue weighted by molar-refractivity contribution is 14.0. The molecule has 2 fully saturated rings. The number of aromatic nitrogens is 2. The Morgan fingerprint density at radius 3 is 2.53 bits per heavy atom. The van der Waals surface area contributed by atoms with Gasteiger partial charge in [0.05, 0.1) is 6.54 Å². The lowest BCUT2D eigenvalue weighted by atomic mass is 9.95. The molecule has 2 aliphatic rings. The molecule has 30 heavy (non-hydrogen) atoms. The van der Waals surface area contributed by atoms with Crippen molar-refractivity contribution in [2.24, 2.45) is 4.99 Å². The summed E-state index contributed by atoms with van der Waals surface area (Å²) in [6, 6.07) is 0.370. The van der Waals surface area contributed by atoms with E-state index in [2.05, 4.69) is 43.6 Å². The van der Waals surface area contributed by atoms with E-state index in [0.29, 0.717) is 19.0 Å². The number of carbonyl (C=O) groups excluding carboxylic acids is 1. The number of aliphatic imine (C=N–C) groups is 1. The van der Waals surface area contributed by atoms with Crippen molar-refractivity contribution in [1.82, 2.24) is 24.9 Å². The molecular formula is C20H36IN7OS. The van der Waals surface area contributed by atoms with Crippen molar-refractivity contribution in [2.75, 3.05) is 44.2 Å². The SMILES string of the molecule is CCNC(=NCCC(=O)NC1CCCCC1)N1CCN(c2nc(CC)ns2)CC1.I. The Hall–Kier alpha value is -1.17. The second-order valence-electron chi connectivity index (χ2n) is 7.71. The molecule has 0 spiro atoms. The smallest absolute Gasteiger partial charge is 0.222 e. The maximum atomic E-state index is 12.2. The third-order valence-electron chi connectivity index (χ3n) is 5.53. The first-order valence-electron chi connectivity index (χ1n) is 11.1. The lowest BCUT2D eigenvalue weighted by Gasteiger charge is -2.36. The highest BCUT2D eigenvalue weighted by atomic mass is 127. The quantitative estimate of drug-likeness (QED) is 0.309. The van der Waals surface area contributed by atoms with Crippen LogP contribution in [-0.2, 0) is 11.2 Å². The Balaban J connectivity index is 0.00000320. The van der Waals surface area contributed by atoms with E-state index >= 15 is 0 Å². The second kappa shape index (κ2) is 13.3. The molecule has 0 bridgehead atoms. The summed E-state index contributed by atoms with van der Waals surface area (Å²) in [7, 11) is 0. The fraction of sp³-hybridized carbons (Fsp3) is 0.800. The number of hydrogen-bond donors (Lipinski definition) is 2. The van der Waals surface area contributed by atoms with Crippen LogP contribution in [0.3, 0.4) is 0 Å². The van der Waals surface area contributed by atoms with Crippen molar-refractivity contribution < 1.29 is 4.79 Å². The number of nitrogens with zero attached hydrogens (tertiary/aromatic N) is 5. The Morgan fingerprint density at radius 2 is 1.90 bits per heavy atom. The van der Waals surface area contributed by atoms with Gasteiger partial charge in [0.15, 0.2) is 5.96 Å². The summed E-state index contributed by atoms with van der Waals surface area (Å²) in [4.78, 5) is 26.1. The Morgan fingerprint density at radius 1 is 1.17 bits per heavy atom. The molecule has 1 aliphatic carbocycles.